The lowest BCUT2D eigenvalue weighted by Gasteiger charge is -2.33. The third-order valence-corrected chi connectivity index (χ3v) is 4.73. The van der Waals surface area contributed by atoms with E-state index in [0.717, 1.165) is 19.3 Å². The van der Waals surface area contributed by atoms with Gasteiger partial charge in [-0.15, -0.1) is 0 Å². The molecule has 142 valence electrons. The van der Waals surface area contributed by atoms with Gasteiger partial charge in [-0.3, -0.25) is 9.59 Å². The number of carbonyl (C=O) groups is 2. The molecule has 0 aromatic heterocycles. The predicted octanol–water partition coefficient (Wildman–Crippen LogP) is 1.88. The van der Waals surface area contributed by atoms with E-state index >= 15 is 0 Å². The third kappa shape index (κ3) is 5.17. The zero-order valence-corrected chi connectivity index (χ0v) is 14.8. The predicted molar refractivity (Wildman–Crippen MR) is 93.2 cm³/mol. The Balaban J connectivity index is 1.57. The van der Waals surface area contributed by atoms with Crippen molar-refractivity contribution in [2.24, 2.45) is 0 Å². The van der Waals surface area contributed by atoms with Crippen LogP contribution in [0.25, 0.3) is 0 Å². The summed E-state index contributed by atoms with van der Waals surface area (Å²) in [5.74, 6) is -0.123. The highest BCUT2D eigenvalue weighted by Crippen LogP contribution is 2.19. The van der Waals surface area contributed by atoms with Crippen LogP contribution in [0.1, 0.15) is 32.1 Å². The highest BCUT2D eigenvalue weighted by molar-refractivity contribution is 5.85. The van der Waals surface area contributed by atoms with E-state index < -0.39 is 0 Å². The molecule has 1 aromatic rings. The first-order valence-corrected chi connectivity index (χ1v) is 9.19. The number of rotatable bonds is 5. The Labute approximate surface area is 152 Å². The summed E-state index contributed by atoms with van der Waals surface area (Å²) in [6.45, 7) is 1.54. The fraction of sp³-hybridized carbons (Fsp3) is 0.579. The summed E-state index contributed by atoms with van der Waals surface area (Å²) >= 11 is 0. The smallest absolute Gasteiger partial charge is 0.240 e. The Morgan fingerprint density at radius 2 is 2.23 bits per heavy atom. The SMILES string of the molecule is O=C(CN1CCCCCC1=O)N[C@@H]1COCC[C@@H]1Oc1cccc(F)c1. The summed E-state index contributed by atoms with van der Waals surface area (Å²) in [5, 5.41) is 2.92. The molecule has 2 fully saturated rings. The van der Waals surface area contributed by atoms with Gasteiger partial charge in [-0.25, -0.2) is 4.39 Å². The molecule has 0 bridgehead atoms. The van der Waals surface area contributed by atoms with Crippen LogP contribution in [-0.4, -0.2) is 55.2 Å². The summed E-state index contributed by atoms with van der Waals surface area (Å²) in [6, 6.07) is 5.62. The van der Waals surface area contributed by atoms with E-state index in [-0.39, 0.29) is 36.3 Å². The maximum absolute atomic E-state index is 13.3. The van der Waals surface area contributed by atoms with Gasteiger partial charge in [0.2, 0.25) is 11.8 Å². The Kier molecular flexibility index (Phi) is 6.44. The minimum absolute atomic E-state index is 0.0325. The van der Waals surface area contributed by atoms with E-state index in [4.69, 9.17) is 9.47 Å². The van der Waals surface area contributed by atoms with Crippen LogP contribution in [0.3, 0.4) is 0 Å². The van der Waals surface area contributed by atoms with Gasteiger partial charge >= 0.3 is 0 Å². The second-order valence-electron chi connectivity index (χ2n) is 6.78. The van der Waals surface area contributed by atoms with Crippen LogP contribution in [-0.2, 0) is 14.3 Å². The normalized spacial score (nSPS) is 24.0. The number of ether oxygens (including phenoxy) is 2. The van der Waals surface area contributed by atoms with Crippen LogP contribution in [0.15, 0.2) is 24.3 Å². The largest absolute Gasteiger partial charge is 0.488 e. The lowest BCUT2D eigenvalue weighted by Crippen LogP contribution is -2.54. The van der Waals surface area contributed by atoms with E-state index in [0.29, 0.717) is 38.3 Å². The van der Waals surface area contributed by atoms with Crippen LogP contribution >= 0.6 is 0 Å². The first-order valence-electron chi connectivity index (χ1n) is 9.19. The Morgan fingerprint density at radius 3 is 3.08 bits per heavy atom. The quantitative estimate of drug-likeness (QED) is 0.866. The van der Waals surface area contributed by atoms with Crippen LogP contribution < -0.4 is 10.1 Å². The van der Waals surface area contributed by atoms with Crippen LogP contribution in [0.2, 0.25) is 0 Å². The van der Waals surface area contributed by atoms with Gasteiger partial charge in [-0.2, -0.15) is 0 Å². The number of amides is 2. The van der Waals surface area contributed by atoms with E-state index in [1.165, 1.54) is 12.1 Å². The zero-order valence-electron chi connectivity index (χ0n) is 14.8. The molecule has 6 nitrogen and oxygen atoms in total. The molecule has 0 saturated carbocycles. The van der Waals surface area contributed by atoms with E-state index in [9.17, 15) is 14.0 Å². The summed E-state index contributed by atoms with van der Waals surface area (Å²) in [5.41, 5.74) is 0. The Bertz CT molecular complexity index is 640. The first kappa shape index (κ1) is 18.6. The molecule has 1 aromatic carbocycles. The van der Waals surface area contributed by atoms with Crippen molar-refractivity contribution in [1.29, 1.82) is 0 Å². The van der Waals surface area contributed by atoms with Gasteiger partial charge in [0.05, 0.1) is 25.8 Å². The van der Waals surface area contributed by atoms with Gasteiger partial charge in [-0.1, -0.05) is 12.5 Å². The minimum Gasteiger partial charge on any atom is -0.488 e. The van der Waals surface area contributed by atoms with Crippen molar-refractivity contribution in [2.45, 2.75) is 44.2 Å². The van der Waals surface area contributed by atoms with Crippen molar-refractivity contribution < 1.29 is 23.5 Å². The van der Waals surface area contributed by atoms with Gasteiger partial charge < -0.3 is 19.7 Å². The molecular formula is C19H25FN2O4. The Morgan fingerprint density at radius 1 is 1.35 bits per heavy atom. The maximum atomic E-state index is 13.3. The van der Waals surface area contributed by atoms with E-state index in [2.05, 4.69) is 5.32 Å². The van der Waals surface area contributed by atoms with Crippen molar-refractivity contribution >= 4 is 11.8 Å². The lowest BCUT2D eigenvalue weighted by atomic mass is 10.1. The molecule has 2 amide bonds. The molecule has 2 saturated heterocycles. The van der Waals surface area contributed by atoms with Gasteiger partial charge in [0.15, 0.2) is 0 Å². The topological polar surface area (TPSA) is 67.9 Å². The fourth-order valence-corrected chi connectivity index (χ4v) is 3.34. The summed E-state index contributed by atoms with van der Waals surface area (Å²) in [6.07, 6.45) is 3.64. The van der Waals surface area contributed by atoms with Gasteiger partial charge in [0.25, 0.3) is 0 Å². The van der Waals surface area contributed by atoms with Crippen molar-refractivity contribution in [1.82, 2.24) is 10.2 Å². The lowest BCUT2D eigenvalue weighted by molar-refractivity contribution is -0.136. The number of nitrogens with one attached hydrogen (secondary N) is 1. The molecule has 2 heterocycles. The molecule has 26 heavy (non-hydrogen) atoms. The van der Waals surface area contributed by atoms with E-state index in [1.807, 2.05) is 0 Å². The number of hydrogen-bond acceptors (Lipinski definition) is 4. The Hall–Kier alpha value is -2.15. The second kappa shape index (κ2) is 8.98. The van der Waals surface area contributed by atoms with Crippen molar-refractivity contribution in [3.63, 3.8) is 0 Å². The van der Waals surface area contributed by atoms with Crippen LogP contribution in [0, 0.1) is 5.82 Å². The van der Waals surface area contributed by atoms with E-state index in [1.54, 1.807) is 17.0 Å². The fourth-order valence-electron chi connectivity index (χ4n) is 3.34. The van der Waals surface area contributed by atoms with Crippen molar-refractivity contribution in [3.8, 4) is 5.75 Å². The molecule has 1 N–H and O–H groups in total. The minimum atomic E-state index is -0.366. The van der Waals surface area contributed by atoms with Gasteiger partial charge in [-0.05, 0) is 25.0 Å². The average molecular weight is 364 g/mol. The number of carbonyl (C=O) groups excluding carboxylic acids is 2. The zero-order chi connectivity index (χ0) is 18.4. The van der Waals surface area contributed by atoms with Crippen LogP contribution in [0.4, 0.5) is 4.39 Å². The molecule has 3 rings (SSSR count). The third-order valence-electron chi connectivity index (χ3n) is 4.73. The van der Waals surface area contributed by atoms with Gasteiger partial charge in [0, 0.05) is 25.5 Å². The molecule has 0 spiro atoms. The van der Waals surface area contributed by atoms with Gasteiger partial charge in [0.1, 0.15) is 17.7 Å². The maximum Gasteiger partial charge on any atom is 0.240 e. The number of hydrogen-bond donors (Lipinski definition) is 1. The molecule has 2 aliphatic rings. The molecule has 0 unspecified atom stereocenters. The van der Waals surface area contributed by atoms with Crippen LogP contribution in [0.5, 0.6) is 5.75 Å². The molecule has 0 radical (unpaired) electrons. The monoisotopic (exact) mass is 364 g/mol. The number of halogens is 1. The highest BCUT2D eigenvalue weighted by Gasteiger charge is 2.30. The highest BCUT2D eigenvalue weighted by atomic mass is 19.1. The average Bonchev–Trinajstić information content (AvgIpc) is 2.81. The second-order valence-corrected chi connectivity index (χ2v) is 6.78. The standard InChI is InChI=1S/C19H25FN2O4/c20-14-5-4-6-15(11-14)26-17-8-10-25-13-16(17)21-18(23)12-22-9-3-1-2-7-19(22)24/h4-6,11,16-17H,1-3,7-10,12-13H2,(H,21,23)/t16-,17+/m1/s1. The van der Waals surface area contributed by atoms with Crippen molar-refractivity contribution in [3.05, 3.63) is 30.1 Å². The molecule has 2 aliphatic heterocycles. The summed E-state index contributed by atoms with van der Waals surface area (Å²) in [4.78, 5) is 26.1. The number of nitrogens with zero attached hydrogens (tertiary/aromatic N) is 1. The molecule has 2 atom stereocenters. The first-order chi connectivity index (χ1) is 12.6. The summed E-state index contributed by atoms with van der Waals surface area (Å²) < 4.78 is 24.7. The molecular weight excluding hydrogens is 339 g/mol. The number of likely N-dealkylation sites (tertiary alicyclic amines) is 1. The summed E-state index contributed by atoms with van der Waals surface area (Å²) in [7, 11) is 0. The molecule has 7 heteroatoms. The number of benzene rings is 1. The molecule has 0 aliphatic carbocycles. The van der Waals surface area contributed by atoms with Crippen molar-refractivity contribution in [2.75, 3.05) is 26.3 Å².